The number of rotatable bonds is 9. The zero-order valence-corrected chi connectivity index (χ0v) is 15.3. The minimum Gasteiger partial charge on any atom is -0.463 e. The Morgan fingerprint density at radius 1 is 1.00 bits per heavy atom. The highest BCUT2D eigenvalue weighted by Gasteiger charge is 1.97. The standard InChI is InChI=1S/C17H27IO2/c1-5-20-17(19)12-15(3)10-6-8-14(2)9-7-11-16(4)13-18/h8,11-12H,5-7,9-10,13H2,1-4H3/b14-8+,15-12+,16-11+. The molecule has 2 nitrogen and oxygen atoms in total. The Morgan fingerprint density at radius 3 is 2.10 bits per heavy atom. The second-order valence-corrected chi connectivity index (χ2v) is 5.82. The monoisotopic (exact) mass is 390 g/mol. The van der Waals surface area contributed by atoms with Gasteiger partial charge in [-0.25, -0.2) is 4.79 Å². The van der Waals surface area contributed by atoms with Gasteiger partial charge in [-0.2, -0.15) is 0 Å². The molecule has 0 saturated heterocycles. The van der Waals surface area contributed by atoms with Crippen molar-refractivity contribution in [1.82, 2.24) is 0 Å². The highest BCUT2D eigenvalue weighted by atomic mass is 127. The zero-order chi connectivity index (χ0) is 15.4. The smallest absolute Gasteiger partial charge is 0.330 e. The van der Waals surface area contributed by atoms with Crippen molar-refractivity contribution in [2.75, 3.05) is 11.0 Å². The van der Waals surface area contributed by atoms with Crippen LogP contribution in [0.5, 0.6) is 0 Å². The van der Waals surface area contributed by atoms with E-state index in [1.165, 1.54) is 11.1 Å². The topological polar surface area (TPSA) is 26.3 Å². The third-order valence-corrected chi connectivity index (χ3v) is 4.13. The average Bonchev–Trinajstić information content (AvgIpc) is 2.38. The Labute approximate surface area is 137 Å². The van der Waals surface area contributed by atoms with E-state index in [0.29, 0.717) is 6.61 Å². The fourth-order valence-corrected chi connectivity index (χ4v) is 2.02. The first-order valence-corrected chi connectivity index (χ1v) is 8.73. The van der Waals surface area contributed by atoms with Crippen LogP contribution in [0.1, 0.15) is 53.4 Å². The maximum Gasteiger partial charge on any atom is 0.330 e. The van der Waals surface area contributed by atoms with Crippen LogP contribution < -0.4 is 0 Å². The van der Waals surface area contributed by atoms with Gasteiger partial charge < -0.3 is 4.74 Å². The molecule has 0 saturated carbocycles. The number of hydrogen-bond acceptors (Lipinski definition) is 2. The highest BCUT2D eigenvalue weighted by Crippen LogP contribution is 2.12. The summed E-state index contributed by atoms with van der Waals surface area (Å²) in [7, 11) is 0. The maximum atomic E-state index is 11.3. The van der Waals surface area contributed by atoms with Crippen LogP contribution in [0.15, 0.2) is 34.9 Å². The Kier molecular flexibility index (Phi) is 11.8. The van der Waals surface area contributed by atoms with E-state index in [4.69, 9.17) is 4.74 Å². The fraction of sp³-hybridized carbons (Fsp3) is 0.588. The van der Waals surface area contributed by atoms with E-state index in [2.05, 4.69) is 48.6 Å². The molecule has 0 aliphatic heterocycles. The summed E-state index contributed by atoms with van der Waals surface area (Å²) < 4.78 is 6.00. The van der Waals surface area contributed by atoms with Crippen LogP contribution in [0.4, 0.5) is 0 Å². The summed E-state index contributed by atoms with van der Waals surface area (Å²) in [4.78, 5) is 11.3. The Hall–Kier alpha value is -0.580. The molecule has 0 fully saturated rings. The molecule has 0 N–H and O–H groups in total. The second kappa shape index (κ2) is 12.2. The van der Waals surface area contributed by atoms with Crippen molar-refractivity contribution in [3.05, 3.63) is 34.9 Å². The molecule has 0 aromatic heterocycles. The van der Waals surface area contributed by atoms with E-state index >= 15 is 0 Å². The van der Waals surface area contributed by atoms with Gasteiger partial charge in [0.15, 0.2) is 0 Å². The maximum absolute atomic E-state index is 11.3. The number of ether oxygens (including phenoxy) is 1. The van der Waals surface area contributed by atoms with Crippen molar-refractivity contribution < 1.29 is 9.53 Å². The van der Waals surface area contributed by atoms with E-state index in [9.17, 15) is 4.79 Å². The number of esters is 1. The number of alkyl halides is 1. The number of carbonyl (C=O) groups is 1. The minimum absolute atomic E-state index is 0.231. The third kappa shape index (κ3) is 11.3. The van der Waals surface area contributed by atoms with Crippen LogP contribution in [0.2, 0.25) is 0 Å². The number of hydrogen-bond donors (Lipinski definition) is 0. The second-order valence-electron chi connectivity index (χ2n) is 5.05. The van der Waals surface area contributed by atoms with Gasteiger partial charge in [0.1, 0.15) is 0 Å². The zero-order valence-electron chi connectivity index (χ0n) is 13.2. The molecule has 0 aromatic carbocycles. The molecule has 20 heavy (non-hydrogen) atoms. The van der Waals surface area contributed by atoms with Crippen LogP contribution >= 0.6 is 22.6 Å². The first-order chi connectivity index (χ1) is 9.49. The third-order valence-electron chi connectivity index (χ3n) is 2.92. The predicted octanol–water partition coefficient (Wildman–Crippen LogP) is 5.38. The van der Waals surface area contributed by atoms with Gasteiger partial charge >= 0.3 is 5.97 Å². The van der Waals surface area contributed by atoms with Gasteiger partial charge in [-0.15, -0.1) is 0 Å². The molecule has 0 aromatic rings. The lowest BCUT2D eigenvalue weighted by molar-refractivity contribution is -0.137. The van der Waals surface area contributed by atoms with Crippen molar-refractivity contribution in [3.8, 4) is 0 Å². The van der Waals surface area contributed by atoms with E-state index in [1.807, 2.05) is 13.8 Å². The summed E-state index contributed by atoms with van der Waals surface area (Å²) in [6.07, 6.45) is 10.3. The van der Waals surface area contributed by atoms with Crippen LogP contribution in [-0.4, -0.2) is 17.0 Å². The summed E-state index contributed by atoms with van der Waals surface area (Å²) in [5, 5.41) is 0. The van der Waals surface area contributed by atoms with Crippen molar-refractivity contribution in [2.45, 2.75) is 53.4 Å². The number of allylic oxidation sites excluding steroid dienone is 5. The molecule has 0 heterocycles. The fourth-order valence-electron chi connectivity index (χ4n) is 1.71. The van der Waals surface area contributed by atoms with E-state index < -0.39 is 0 Å². The van der Waals surface area contributed by atoms with E-state index in [0.717, 1.165) is 35.7 Å². The summed E-state index contributed by atoms with van der Waals surface area (Å²) in [5.74, 6) is -0.231. The van der Waals surface area contributed by atoms with Crippen LogP contribution in [0.3, 0.4) is 0 Å². The molecule has 0 aliphatic rings. The van der Waals surface area contributed by atoms with Gasteiger partial charge in [-0.1, -0.05) is 51.5 Å². The van der Waals surface area contributed by atoms with E-state index in [1.54, 1.807) is 6.08 Å². The molecule has 0 atom stereocenters. The van der Waals surface area contributed by atoms with Gasteiger partial charge in [0.2, 0.25) is 0 Å². The lowest BCUT2D eigenvalue weighted by atomic mass is 10.1. The van der Waals surface area contributed by atoms with Crippen molar-refractivity contribution >= 4 is 28.6 Å². The summed E-state index contributed by atoms with van der Waals surface area (Å²) in [6.45, 7) is 8.59. The number of halogens is 1. The molecule has 0 rings (SSSR count). The Morgan fingerprint density at radius 2 is 1.55 bits per heavy atom. The van der Waals surface area contributed by atoms with Crippen molar-refractivity contribution in [1.29, 1.82) is 0 Å². The summed E-state index contributed by atoms with van der Waals surface area (Å²) in [6, 6.07) is 0. The quantitative estimate of drug-likeness (QED) is 0.174. The SMILES string of the molecule is CCOC(=O)/C=C(\C)CC/C=C(\C)CC/C=C(\C)CI. The first kappa shape index (κ1) is 19.4. The average molecular weight is 390 g/mol. The van der Waals surface area contributed by atoms with Gasteiger partial charge in [0.25, 0.3) is 0 Å². The molecule has 0 aliphatic carbocycles. The summed E-state index contributed by atoms with van der Waals surface area (Å²) in [5.41, 5.74) is 3.95. The largest absolute Gasteiger partial charge is 0.463 e. The molecule has 0 radical (unpaired) electrons. The lowest BCUT2D eigenvalue weighted by Gasteiger charge is -2.02. The predicted molar refractivity (Wildman–Crippen MR) is 95.3 cm³/mol. The highest BCUT2D eigenvalue weighted by molar-refractivity contribution is 14.1. The van der Waals surface area contributed by atoms with Gasteiger partial charge in [0.05, 0.1) is 6.61 Å². The Balaban J connectivity index is 4.01. The molecule has 3 heteroatoms. The normalized spacial score (nSPS) is 13.6. The van der Waals surface area contributed by atoms with Crippen molar-refractivity contribution in [3.63, 3.8) is 0 Å². The van der Waals surface area contributed by atoms with Gasteiger partial charge in [-0.3, -0.25) is 0 Å². The Bertz CT molecular complexity index is 378. The van der Waals surface area contributed by atoms with Crippen LogP contribution in [-0.2, 0) is 9.53 Å². The van der Waals surface area contributed by atoms with Crippen LogP contribution in [0.25, 0.3) is 0 Å². The van der Waals surface area contributed by atoms with Gasteiger partial charge in [-0.05, 0) is 53.4 Å². The first-order valence-electron chi connectivity index (χ1n) is 7.20. The minimum atomic E-state index is -0.231. The lowest BCUT2D eigenvalue weighted by Crippen LogP contribution is -2.00. The molecule has 0 spiro atoms. The van der Waals surface area contributed by atoms with E-state index in [-0.39, 0.29) is 5.97 Å². The molecule has 0 amide bonds. The summed E-state index contributed by atoms with van der Waals surface area (Å²) >= 11 is 2.39. The molecule has 0 unspecified atom stereocenters. The van der Waals surface area contributed by atoms with Gasteiger partial charge in [0, 0.05) is 10.5 Å². The van der Waals surface area contributed by atoms with Crippen molar-refractivity contribution in [2.24, 2.45) is 0 Å². The molecular formula is C17H27IO2. The molecule has 0 bridgehead atoms. The molecular weight excluding hydrogens is 363 g/mol. The number of carbonyl (C=O) groups excluding carboxylic acids is 1. The van der Waals surface area contributed by atoms with Crippen LogP contribution in [0, 0.1) is 0 Å². The molecule has 114 valence electrons.